The van der Waals surface area contributed by atoms with Gasteiger partial charge in [0.2, 0.25) is 0 Å². The van der Waals surface area contributed by atoms with Crippen LogP contribution < -0.4 is 15.4 Å². The molecule has 1 amide bonds. The van der Waals surface area contributed by atoms with Gasteiger partial charge in [0.1, 0.15) is 11.5 Å². The average molecular weight is 315 g/mol. The lowest BCUT2D eigenvalue weighted by Crippen LogP contribution is -2.36. The largest absolute Gasteiger partial charge is 0.478 e. The Morgan fingerprint density at radius 1 is 1.39 bits per heavy atom. The number of anilines is 1. The highest BCUT2D eigenvalue weighted by Gasteiger charge is 2.26. The van der Waals surface area contributed by atoms with Gasteiger partial charge in [-0.3, -0.25) is 4.79 Å². The quantitative estimate of drug-likeness (QED) is 0.887. The Morgan fingerprint density at radius 2 is 2.22 bits per heavy atom. The summed E-state index contributed by atoms with van der Waals surface area (Å²) in [4.78, 5) is 11.8. The van der Waals surface area contributed by atoms with E-state index in [2.05, 4.69) is 22.7 Å². The van der Waals surface area contributed by atoms with Gasteiger partial charge in [-0.15, -0.1) is 0 Å². The summed E-state index contributed by atoms with van der Waals surface area (Å²) in [7, 11) is 0. The number of fused-ring (bicyclic) bond motifs is 1. The van der Waals surface area contributed by atoms with Gasteiger partial charge < -0.3 is 19.9 Å². The summed E-state index contributed by atoms with van der Waals surface area (Å²) < 4.78 is 10.8. The normalized spacial score (nSPS) is 18.0. The van der Waals surface area contributed by atoms with E-state index in [1.54, 1.807) is 0 Å². The van der Waals surface area contributed by atoms with Crippen molar-refractivity contribution in [2.24, 2.45) is 0 Å². The molecule has 1 aromatic heterocycles. The second-order valence-electron chi connectivity index (χ2n) is 5.79. The molecule has 0 bridgehead atoms. The SMILES string of the molecule is CC[C@H]1Oc2cc([C@H](C)NCc3cc(C)on3)ccc2NC1=O. The zero-order valence-electron chi connectivity index (χ0n) is 13.6. The van der Waals surface area contributed by atoms with Gasteiger partial charge in [-0.1, -0.05) is 18.1 Å². The van der Waals surface area contributed by atoms with Crippen LogP contribution in [-0.2, 0) is 11.3 Å². The van der Waals surface area contributed by atoms with Gasteiger partial charge in [0.05, 0.1) is 11.4 Å². The topological polar surface area (TPSA) is 76.4 Å². The fourth-order valence-electron chi connectivity index (χ4n) is 2.57. The van der Waals surface area contributed by atoms with E-state index in [1.807, 2.05) is 38.1 Å². The third-order valence-electron chi connectivity index (χ3n) is 3.96. The summed E-state index contributed by atoms with van der Waals surface area (Å²) in [5, 5.41) is 10.3. The number of ether oxygens (including phenoxy) is 1. The molecule has 3 rings (SSSR count). The number of carbonyl (C=O) groups is 1. The highest BCUT2D eigenvalue weighted by molar-refractivity contribution is 5.97. The minimum absolute atomic E-state index is 0.0830. The molecule has 0 aliphatic carbocycles. The lowest BCUT2D eigenvalue weighted by atomic mass is 10.1. The maximum atomic E-state index is 11.8. The van der Waals surface area contributed by atoms with Crippen molar-refractivity contribution in [3.05, 3.63) is 41.3 Å². The first-order valence-corrected chi connectivity index (χ1v) is 7.84. The van der Waals surface area contributed by atoms with Gasteiger partial charge in [-0.2, -0.15) is 0 Å². The molecule has 6 heteroatoms. The number of rotatable bonds is 5. The molecule has 0 radical (unpaired) electrons. The lowest BCUT2D eigenvalue weighted by molar-refractivity contribution is -0.123. The van der Waals surface area contributed by atoms with Gasteiger partial charge in [-0.05, 0) is 38.0 Å². The fourth-order valence-corrected chi connectivity index (χ4v) is 2.57. The molecule has 2 aromatic rings. The summed E-state index contributed by atoms with van der Waals surface area (Å²) in [6.07, 6.45) is 0.230. The first-order valence-electron chi connectivity index (χ1n) is 7.84. The number of amides is 1. The van der Waals surface area contributed by atoms with Crippen LogP contribution in [0.3, 0.4) is 0 Å². The van der Waals surface area contributed by atoms with Gasteiger partial charge in [0, 0.05) is 18.7 Å². The molecule has 2 heterocycles. The van der Waals surface area contributed by atoms with Crippen LogP contribution in [0.5, 0.6) is 5.75 Å². The van der Waals surface area contributed by atoms with E-state index in [4.69, 9.17) is 9.26 Å². The number of hydrogen-bond donors (Lipinski definition) is 2. The molecule has 6 nitrogen and oxygen atoms in total. The number of aryl methyl sites for hydroxylation is 1. The van der Waals surface area contributed by atoms with Crippen molar-refractivity contribution >= 4 is 11.6 Å². The van der Waals surface area contributed by atoms with Crippen molar-refractivity contribution in [3.8, 4) is 5.75 Å². The molecule has 2 N–H and O–H groups in total. The van der Waals surface area contributed by atoms with E-state index in [-0.39, 0.29) is 11.9 Å². The van der Waals surface area contributed by atoms with Crippen LogP contribution in [0.25, 0.3) is 0 Å². The average Bonchev–Trinajstić information content (AvgIpc) is 2.97. The van der Waals surface area contributed by atoms with E-state index in [0.717, 1.165) is 28.5 Å². The van der Waals surface area contributed by atoms with Crippen LogP contribution in [-0.4, -0.2) is 17.2 Å². The predicted octanol–water partition coefficient (Wildman–Crippen LogP) is 2.94. The Labute approximate surface area is 135 Å². The fraction of sp³-hybridized carbons (Fsp3) is 0.412. The molecule has 1 aliphatic heterocycles. The minimum Gasteiger partial charge on any atom is -0.478 e. The van der Waals surface area contributed by atoms with Crippen LogP contribution in [0.1, 0.15) is 43.3 Å². The second kappa shape index (κ2) is 6.42. The molecule has 0 unspecified atom stereocenters. The third-order valence-corrected chi connectivity index (χ3v) is 3.96. The lowest BCUT2D eigenvalue weighted by Gasteiger charge is -2.26. The second-order valence-corrected chi connectivity index (χ2v) is 5.79. The van der Waals surface area contributed by atoms with E-state index in [1.165, 1.54) is 0 Å². The number of nitrogens with one attached hydrogen (secondary N) is 2. The van der Waals surface area contributed by atoms with Crippen molar-refractivity contribution in [2.75, 3.05) is 5.32 Å². The summed E-state index contributed by atoms with van der Waals surface area (Å²) in [6.45, 7) is 6.51. The van der Waals surface area contributed by atoms with Crippen molar-refractivity contribution in [2.45, 2.75) is 45.9 Å². The van der Waals surface area contributed by atoms with Gasteiger partial charge in [-0.25, -0.2) is 0 Å². The Bertz CT molecular complexity index is 711. The molecular formula is C17H21N3O3. The molecule has 1 aliphatic rings. The van der Waals surface area contributed by atoms with Crippen molar-refractivity contribution in [1.29, 1.82) is 0 Å². The van der Waals surface area contributed by atoms with Crippen LogP contribution >= 0.6 is 0 Å². The summed E-state index contributed by atoms with van der Waals surface area (Å²) in [6, 6.07) is 7.88. The molecule has 1 aromatic carbocycles. The first-order chi connectivity index (χ1) is 11.1. The molecule has 0 saturated heterocycles. The van der Waals surface area contributed by atoms with Gasteiger partial charge in [0.15, 0.2) is 6.10 Å². The third kappa shape index (κ3) is 3.37. The Hall–Kier alpha value is -2.34. The molecule has 2 atom stereocenters. The van der Waals surface area contributed by atoms with Gasteiger partial charge in [0.25, 0.3) is 5.91 Å². The number of carbonyl (C=O) groups excluding carboxylic acids is 1. The predicted molar refractivity (Wildman–Crippen MR) is 86.3 cm³/mol. The molecular weight excluding hydrogens is 294 g/mol. The zero-order valence-corrected chi connectivity index (χ0v) is 13.6. The van der Waals surface area contributed by atoms with Gasteiger partial charge >= 0.3 is 0 Å². The van der Waals surface area contributed by atoms with Crippen molar-refractivity contribution < 1.29 is 14.1 Å². The number of benzene rings is 1. The Kier molecular flexibility index (Phi) is 4.34. The van der Waals surface area contributed by atoms with Crippen LogP contribution in [0.15, 0.2) is 28.8 Å². The first kappa shape index (κ1) is 15.6. The highest BCUT2D eigenvalue weighted by Crippen LogP contribution is 2.33. The number of aromatic nitrogens is 1. The summed E-state index contributed by atoms with van der Waals surface area (Å²) in [5.41, 5.74) is 2.69. The van der Waals surface area contributed by atoms with Crippen molar-refractivity contribution in [3.63, 3.8) is 0 Å². The Morgan fingerprint density at radius 3 is 2.91 bits per heavy atom. The molecule has 122 valence electrons. The molecule has 23 heavy (non-hydrogen) atoms. The minimum atomic E-state index is -0.417. The maximum Gasteiger partial charge on any atom is 0.265 e. The van der Waals surface area contributed by atoms with E-state index in [0.29, 0.717) is 13.0 Å². The monoisotopic (exact) mass is 315 g/mol. The van der Waals surface area contributed by atoms with E-state index in [9.17, 15) is 4.79 Å². The standard InChI is InChI=1S/C17H21N3O3/c1-4-15-17(21)19-14-6-5-12(8-16(14)22-15)11(3)18-9-13-7-10(2)23-20-13/h5-8,11,15,18H,4,9H2,1-3H3,(H,19,21)/t11-,15+/m0/s1. The summed E-state index contributed by atoms with van der Waals surface area (Å²) >= 11 is 0. The zero-order chi connectivity index (χ0) is 16.4. The Balaban J connectivity index is 1.69. The van der Waals surface area contributed by atoms with E-state index < -0.39 is 6.10 Å². The number of hydrogen-bond acceptors (Lipinski definition) is 5. The smallest absolute Gasteiger partial charge is 0.265 e. The summed E-state index contributed by atoms with van der Waals surface area (Å²) in [5.74, 6) is 1.44. The van der Waals surface area contributed by atoms with Crippen molar-refractivity contribution in [1.82, 2.24) is 10.5 Å². The molecule has 0 saturated carbocycles. The van der Waals surface area contributed by atoms with Crippen LogP contribution in [0, 0.1) is 6.92 Å². The molecule has 0 spiro atoms. The highest BCUT2D eigenvalue weighted by atomic mass is 16.5. The number of nitrogens with zero attached hydrogens (tertiary/aromatic N) is 1. The van der Waals surface area contributed by atoms with Crippen LogP contribution in [0.4, 0.5) is 5.69 Å². The maximum absolute atomic E-state index is 11.8. The van der Waals surface area contributed by atoms with Crippen LogP contribution in [0.2, 0.25) is 0 Å². The van der Waals surface area contributed by atoms with E-state index >= 15 is 0 Å². The molecule has 0 fully saturated rings.